The van der Waals surface area contributed by atoms with Crippen LogP contribution in [0, 0.1) is 0 Å². The normalized spacial score (nSPS) is 15.4. The molecule has 1 aromatic carbocycles. The van der Waals surface area contributed by atoms with Crippen LogP contribution >= 0.6 is 0 Å². The van der Waals surface area contributed by atoms with Crippen LogP contribution in [0.15, 0.2) is 40.3 Å². The van der Waals surface area contributed by atoms with Crippen molar-refractivity contribution in [2.75, 3.05) is 26.2 Å². The van der Waals surface area contributed by atoms with Gasteiger partial charge in [-0.2, -0.15) is 0 Å². The number of carbonyl (C=O) groups is 12. The predicted octanol–water partition coefficient (Wildman–Crippen LogP) is -6.69. The van der Waals surface area contributed by atoms with Crippen molar-refractivity contribution in [3.8, 4) is 0 Å². The molecule has 0 radical (unpaired) electrons. The van der Waals surface area contributed by atoms with Crippen LogP contribution in [-0.2, 0) is 64.0 Å². The molecule has 76 heavy (non-hydrogen) atoms. The molecule has 0 spiro atoms. The summed E-state index contributed by atoms with van der Waals surface area (Å²) in [5.74, 6) is -13.4. The van der Waals surface area contributed by atoms with E-state index in [1.807, 2.05) is 0 Å². The van der Waals surface area contributed by atoms with E-state index in [0.29, 0.717) is 18.5 Å². The number of hydrogen-bond acceptors (Lipinski definition) is 15. The van der Waals surface area contributed by atoms with E-state index in [1.165, 1.54) is 0 Å². The lowest BCUT2D eigenvalue weighted by Gasteiger charge is -2.26. The topological polar surface area (TPSA) is 529 Å². The van der Waals surface area contributed by atoms with Crippen LogP contribution in [0.25, 0.3) is 0 Å². The summed E-state index contributed by atoms with van der Waals surface area (Å²) in [7, 11) is 0. The standard InChI is InChI=1S/C45H70N16O15/c1-23(36(68)60-30(20-24-8-3-2-4-9-24)42(74)61-31(43(75)76)21-35(66)67)55-39(71)29(14-16-34(64)65)59-41(73)28(13-15-32(46)62)56-33(63)22-54-37(69)26(11-6-18-52-44(47)48)57-40(72)27(12-7-19-53-45(49)50)58-38(70)25-10-5-17-51-25/h2-4,8-9,23,25-31,51H,5-7,10-22H2,1H3,(H2,46,62)(H,54,69)(H,55,71)(H,56,63)(H,57,72)(H,58,70)(H,59,73)(H,60,68)(H,61,74)(H,64,65)(H,66,67)(H,75,76)(H4,47,48,52)(H4,49,50,53)/t23-,25-,26-,27-,28-,29-,30-,31-/m0/s1. The van der Waals surface area contributed by atoms with Gasteiger partial charge in [-0.25, -0.2) is 4.79 Å². The zero-order valence-corrected chi connectivity index (χ0v) is 41.8. The molecule has 1 aliphatic rings. The average Bonchev–Trinajstić information content (AvgIpc) is 3.90. The maximum absolute atomic E-state index is 13.8. The van der Waals surface area contributed by atoms with Gasteiger partial charge >= 0.3 is 17.9 Å². The second-order valence-electron chi connectivity index (χ2n) is 17.5. The summed E-state index contributed by atoms with van der Waals surface area (Å²) >= 11 is 0. The van der Waals surface area contributed by atoms with Gasteiger partial charge in [-0.05, 0) is 70.4 Å². The number of hydrogen-bond donors (Lipinski definition) is 17. The molecule has 1 aliphatic heterocycles. The number of aliphatic carboxylic acids is 3. The molecule has 2 rings (SSSR count). The van der Waals surface area contributed by atoms with Crippen molar-refractivity contribution in [3.05, 3.63) is 35.9 Å². The van der Waals surface area contributed by atoms with E-state index in [1.54, 1.807) is 30.3 Å². The van der Waals surface area contributed by atoms with Crippen LogP contribution in [0.2, 0.25) is 0 Å². The minimum Gasteiger partial charge on any atom is -0.481 e. The minimum absolute atomic E-state index is 0.0325. The summed E-state index contributed by atoms with van der Waals surface area (Å²) in [6, 6.07) is -3.28. The number of amides is 9. The fourth-order valence-corrected chi connectivity index (χ4v) is 7.28. The molecule has 1 fully saturated rings. The first kappa shape index (κ1) is 63.5. The van der Waals surface area contributed by atoms with Crippen LogP contribution in [-0.4, -0.2) is 173 Å². The first-order chi connectivity index (χ1) is 35.9. The van der Waals surface area contributed by atoms with Crippen LogP contribution < -0.4 is 76.5 Å². The van der Waals surface area contributed by atoms with Gasteiger partial charge in [0.1, 0.15) is 42.3 Å². The zero-order valence-electron chi connectivity index (χ0n) is 41.8. The van der Waals surface area contributed by atoms with Crippen molar-refractivity contribution < 1.29 is 72.9 Å². The first-order valence-corrected chi connectivity index (χ1v) is 24.1. The van der Waals surface area contributed by atoms with E-state index in [4.69, 9.17) is 33.8 Å². The predicted molar refractivity (Wildman–Crippen MR) is 268 cm³/mol. The molecule has 9 amide bonds. The number of nitrogens with two attached hydrogens (primary N) is 5. The number of carboxylic acid groups (broad SMARTS) is 3. The molecule has 1 saturated heterocycles. The van der Waals surface area contributed by atoms with Crippen molar-refractivity contribution >= 4 is 83.0 Å². The SMILES string of the molecule is C[C@H](NC(=O)[C@H](CCC(=O)O)NC(=O)[C@H](CCC(N)=O)NC(=O)CNC(=O)[C@H](CCCN=C(N)N)NC(=O)[C@H](CCCN=C(N)N)NC(=O)[C@@H]1CCCN1)C(=O)N[C@@H](Cc1ccccc1)C(=O)N[C@@H](CC(=O)O)C(=O)O. The highest BCUT2D eigenvalue weighted by Crippen LogP contribution is 2.10. The fraction of sp³-hybridized carbons (Fsp3) is 0.556. The highest BCUT2D eigenvalue weighted by Gasteiger charge is 2.34. The third-order valence-corrected chi connectivity index (χ3v) is 11.2. The lowest BCUT2D eigenvalue weighted by Crippen LogP contribution is -2.59. The molecule has 0 unspecified atom stereocenters. The van der Waals surface area contributed by atoms with Gasteiger partial charge in [-0.1, -0.05) is 30.3 Å². The van der Waals surface area contributed by atoms with Gasteiger partial charge in [0.15, 0.2) is 11.9 Å². The van der Waals surface area contributed by atoms with Crippen LogP contribution in [0.1, 0.15) is 83.1 Å². The largest absolute Gasteiger partial charge is 0.481 e. The van der Waals surface area contributed by atoms with E-state index in [9.17, 15) is 67.7 Å². The Balaban J connectivity index is 2.27. The van der Waals surface area contributed by atoms with E-state index in [2.05, 4.69) is 57.8 Å². The number of nitrogens with zero attached hydrogens (tertiary/aromatic N) is 2. The third-order valence-electron chi connectivity index (χ3n) is 11.2. The average molecular weight is 1080 g/mol. The molecule has 31 heteroatoms. The van der Waals surface area contributed by atoms with Gasteiger partial charge < -0.3 is 91.8 Å². The first-order valence-electron chi connectivity index (χ1n) is 24.1. The molecular weight excluding hydrogens is 1000 g/mol. The number of rotatable bonds is 35. The Bertz CT molecular complexity index is 2270. The monoisotopic (exact) mass is 1070 g/mol. The van der Waals surface area contributed by atoms with Gasteiger partial charge in [0.05, 0.1) is 19.0 Å². The molecule has 0 bridgehead atoms. The second-order valence-corrected chi connectivity index (χ2v) is 17.5. The zero-order chi connectivity index (χ0) is 56.9. The molecular formula is C45H70N16O15. The molecule has 0 aliphatic carbocycles. The van der Waals surface area contributed by atoms with Crippen molar-refractivity contribution in [2.24, 2.45) is 38.7 Å². The Morgan fingerprint density at radius 3 is 1.61 bits per heavy atom. The van der Waals surface area contributed by atoms with Crippen LogP contribution in [0.4, 0.5) is 0 Å². The Morgan fingerprint density at radius 2 is 1.09 bits per heavy atom. The number of benzene rings is 1. The highest BCUT2D eigenvalue weighted by molar-refractivity contribution is 5.98. The fourth-order valence-electron chi connectivity index (χ4n) is 7.28. The molecule has 1 aromatic rings. The summed E-state index contributed by atoms with van der Waals surface area (Å²) in [6.07, 6.45) is -1.85. The second kappa shape index (κ2) is 33.2. The molecule has 8 atom stereocenters. The van der Waals surface area contributed by atoms with Crippen molar-refractivity contribution in [1.29, 1.82) is 0 Å². The summed E-state index contributed by atoms with van der Waals surface area (Å²) < 4.78 is 0. The quantitative estimate of drug-likeness (QED) is 0.0171. The van der Waals surface area contributed by atoms with E-state index in [-0.39, 0.29) is 57.1 Å². The van der Waals surface area contributed by atoms with Gasteiger partial charge in [-0.15, -0.1) is 0 Å². The Morgan fingerprint density at radius 1 is 0.592 bits per heavy atom. The molecule has 1 heterocycles. The molecule has 0 aromatic heterocycles. The van der Waals surface area contributed by atoms with Gasteiger partial charge in [0, 0.05) is 32.4 Å². The lowest BCUT2D eigenvalue weighted by molar-refractivity contribution is -0.147. The summed E-state index contributed by atoms with van der Waals surface area (Å²) in [5.41, 5.74) is 27.5. The smallest absolute Gasteiger partial charge is 0.326 e. The van der Waals surface area contributed by atoms with Crippen molar-refractivity contribution in [1.82, 2.24) is 47.9 Å². The van der Waals surface area contributed by atoms with Crippen LogP contribution in [0.3, 0.4) is 0 Å². The maximum atomic E-state index is 13.8. The summed E-state index contributed by atoms with van der Waals surface area (Å²) in [4.78, 5) is 162. The van der Waals surface area contributed by atoms with Gasteiger partial charge in [-0.3, -0.25) is 62.7 Å². The van der Waals surface area contributed by atoms with Gasteiger partial charge in [0.25, 0.3) is 0 Å². The number of nitrogens with one attached hydrogen (secondary N) is 9. The summed E-state index contributed by atoms with van der Waals surface area (Å²) in [5, 5.41) is 50.1. The number of carbonyl (C=O) groups excluding carboxylic acids is 9. The minimum atomic E-state index is -1.88. The van der Waals surface area contributed by atoms with Crippen LogP contribution in [0.5, 0.6) is 0 Å². The molecule has 0 saturated carbocycles. The number of aliphatic imine (C=N–C) groups is 2. The third kappa shape index (κ3) is 25.3. The number of carboxylic acids is 3. The lowest BCUT2D eigenvalue weighted by atomic mass is 10.0. The van der Waals surface area contributed by atoms with Crippen molar-refractivity contribution in [2.45, 2.75) is 132 Å². The molecule has 22 N–H and O–H groups in total. The molecule has 420 valence electrons. The Kier molecular flexibility index (Phi) is 27.8. The van der Waals surface area contributed by atoms with E-state index >= 15 is 0 Å². The van der Waals surface area contributed by atoms with Crippen molar-refractivity contribution in [3.63, 3.8) is 0 Å². The van der Waals surface area contributed by atoms with Gasteiger partial charge in [0.2, 0.25) is 53.2 Å². The number of primary amides is 1. The highest BCUT2D eigenvalue weighted by atomic mass is 16.4. The summed E-state index contributed by atoms with van der Waals surface area (Å²) in [6.45, 7) is 1.08. The van der Waals surface area contributed by atoms with E-state index < -0.39 is 158 Å². The maximum Gasteiger partial charge on any atom is 0.326 e. The number of guanidine groups is 2. The van der Waals surface area contributed by atoms with E-state index in [0.717, 1.165) is 13.3 Å². The molecule has 31 nitrogen and oxygen atoms in total. The Labute approximate surface area is 435 Å². The Hall–Kier alpha value is -8.64.